The largest absolute Gasteiger partial charge is 0.416 e. The van der Waals surface area contributed by atoms with Crippen LogP contribution in [-0.4, -0.2) is 6.54 Å². The first-order valence-electron chi connectivity index (χ1n) is 6.99. The Morgan fingerprint density at radius 3 is 2.50 bits per heavy atom. The first kappa shape index (κ1) is 17.2. The van der Waals surface area contributed by atoms with Gasteiger partial charge in [-0.15, -0.1) is 0 Å². The molecule has 0 aliphatic rings. The Balaban J connectivity index is 2.71. The van der Waals surface area contributed by atoms with E-state index in [-0.39, 0.29) is 0 Å². The van der Waals surface area contributed by atoms with Crippen LogP contribution in [0.2, 0.25) is 5.02 Å². The molecule has 0 heterocycles. The zero-order chi connectivity index (χ0) is 15.2. The minimum Gasteiger partial charge on any atom is -0.384 e. The van der Waals surface area contributed by atoms with Crippen LogP contribution in [0.1, 0.15) is 45.1 Å². The fourth-order valence-corrected chi connectivity index (χ4v) is 2.22. The molecule has 1 unspecified atom stereocenters. The highest BCUT2D eigenvalue weighted by atomic mass is 35.5. The lowest BCUT2D eigenvalue weighted by Crippen LogP contribution is -2.14. The number of hydrogen-bond acceptors (Lipinski definition) is 1. The van der Waals surface area contributed by atoms with Crippen molar-refractivity contribution in [2.75, 3.05) is 11.9 Å². The summed E-state index contributed by atoms with van der Waals surface area (Å²) >= 11 is 5.95. The minimum atomic E-state index is -4.34. The summed E-state index contributed by atoms with van der Waals surface area (Å²) in [5.74, 6) is 0.459. The van der Waals surface area contributed by atoms with Crippen molar-refractivity contribution in [3.8, 4) is 0 Å². The number of unbranched alkanes of at least 4 members (excludes halogenated alkanes) is 1. The van der Waals surface area contributed by atoms with E-state index in [9.17, 15) is 13.2 Å². The van der Waals surface area contributed by atoms with Crippen molar-refractivity contribution in [2.24, 2.45) is 5.92 Å². The number of benzene rings is 1. The second-order valence-corrected chi connectivity index (χ2v) is 5.40. The SMILES string of the molecule is CCCCC(CC)CNc1cc(C(F)(F)F)ccc1Cl. The van der Waals surface area contributed by atoms with Gasteiger partial charge in [0, 0.05) is 6.54 Å². The van der Waals surface area contributed by atoms with E-state index in [4.69, 9.17) is 11.6 Å². The summed E-state index contributed by atoms with van der Waals surface area (Å²) in [7, 11) is 0. The lowest BCUT2D eigenvalue weighted by Gasteiger charge is -2.18. The van der Waals surface area contributed by atoms with Gasteiger partial charge in [0.1, 0.15) is 0 Å². The van der Waals surface area contributed by atoms with Crippen LogP contribution in [-0.2, 0) is 6.18 Å². The van der Waals surface area contributed by atoms with Crippen molar-refractivity contribution in [1.82, 2.24) is 0 Å². The molecule has 0 saturated heterocycles. The highest BCUT2D eigenvalue weighted by molar-refractivity contribution is 6.33. The van der Waals surface area contributed by atoms with Gasteiger partial charge in [0.15, 0.2) is 0 Å². The van der Waals surface area contributed by atoms with Crippen molar-refractivity contribution >= 4 is 17.3 Å². The third-order valence-corrected chi connectivity index (χ3v) is 3.75. The van der Waals surface area contributed by atoms with E-state index in [1.807, 2.05) is 0 Å². The standard InChI is InChI=1S/C15H21ClF3N/c1-3-5-6-11(4-2)10-20-14-9-12(15(17,18)19)7-8-13(14)16/h7-9,11,20H,3-6,10H2,1-2H3. The molecule has 0 bridgehead atoms. The van der Waals surface area contributed by atoms with Crippen LogP contribution in [0, 0.1) is 5.92 Å². The summed E-state index contributed by atoms with van der Waals surface area (Å²) in [4.78, 5) is 0. The Hall–Kier alpha value is -0.900. The van der Waals surface area contributed by atoms with Crippen LogP contribution in [0.5, 0.6) is 0 Å². The van der Waals surface area contributed by atoms with E-state index < -0.39 is 11.7 Å². The van der Waals surface area contributed by atoms with Crippen molar-refractivity contribution in [1.29, 1.82) is 0 Å². The Morgan fingerprint density at radius 2 is 1.95 bits per heavy atom. The van der Waals surface area contributed by atoms with Crippen LogP contribution in [0.4, 0.5) is 18.9 Å². The van der Waals surface area contributed by atoms with Crippen LogP contribution in [0.3, 0.4) is 0 Å². The normalized spacial score (nSPS) is 13.3. The second-order valence-electron chi connectivity index (χ2n) is 4.99. The number of nitrogens with one attached hydrogen (secondary N) is 1. The average Bonchev–Trinajstić information content (AvgIpc) is 2.39. The van der Waals surface area contributed by atoms with Crippen molar-refractivity contribution in [2.45, 2.75) is 45.7 Å². The van der Waals surface area contributed by atoms with Gasteiger partial charge in [0.05, 0.1) is 16.3 Å². The van der Waals surface area contributed by atoms with E-state index in [1.54, 1.807) is 0 Å². The third kappa shape index (κ3) is 5.23. The molecule has 1 aromatic rings. The lowest BCUT2D eigenvalue weighted by atomic mass is 9.99. The molecule has 0 spiro atoms. The summed E-state index contributed by atoms with van der Waals surface area (Å²) < 4.78 is 38.0. The molecule has 114 valence electrons. The highest BCUT2D eigenvalue weighted by Crippen LogP contribution is 2.34. The first-order valence-corrected chi connectivity index (χ1v) is 7.36. The Labute approximate surface area is 123 Å². The molecule has 20 heavy (non-hydrogen) atoms. The fourth-order valence-electron chi connectivity index (χ4n) is 2.03. The molecule has 1 N–H and O–H groups in total. The highest BCUT2D eigenvalue weighted by Gasteiger charge is 2.30. The molecule has 0 amide bonds. The molecule has 1 nitrogen and oxygen atoms in total. The van der Waals surface area contributed by atoms with Crippen molar-refractivity contribution in [3.05, 3.63) is 28.8 Å². The number of halogens is 4. The molecule has 0 radical (unpaired) electrons. The van der Waals surface area contributed by atoms with Crippen LogP contribution in [0.25, 0.3) is 0 Å². The third-order valence-electron chi connectivity index (χ3n) is 3.42. The summed E-state index contributed by atoms with van der Waals surface area (Å²) in [6.07, 6.45) is 0.00483. The summed E-state index contributed by atoms with van der Waals surface area (Å²) in [5.41, 5.74) is -0.317. The van der Waals surface area contributed by atoms with E-state index in [1.165, 1.54) is 6.07 Å². The quantitative estimate of drug-likeness (QED) is 0.652. The number of alkyl halides is 3. The molecule has 0 fully saturated rings. The van der Waals surface area contributed by atoms with Crippen LogP contribution < -0.4 is 5.32 Å². The topological polar surface area (TPSA) is 12.0 Å². The minimum absolute atomic E-state index is 0.323. The molecule has 1 aromatic carbocycles. The van der Waals surface area contributed by atoms with E-state index in [2.05, 4.69) is 19.2 Å². The number of anilines is 1. The average molecular weight is 308 g/mol. The molecule has 0 aliphatic carbocycles. The van der Waals surface area contributed by atoms with Gasteiger partial charge in [-0.25, -0.2) is 0 Å². The Morgan fingerprint density at radius 1 is 1.25 bits per heavy atom. The van der Waals surface area contributed by atoms with Gasteiger partial charge in [-0.2, -0.15) is 13.2 Å². The van der Waals surface area contributed by atoms with Gasteiger partial charge in [-0.05, 0) is 30.5 Å². The predicted octanol–water partition coefficient (Wildman–Crippen LogP) is 5.99. The van der Waals surface area contributed by atoms with E-state index in [0.29, 0.717) is 23.2 Å². The maximum absolute atomic E-state index is 12.7. The molecule has 1 rings (SSSR count). The van der Waals surface area contributed by atoms with Gasteiger partial charge < -0.3 is 5.32 Å². The zero-order valence-electron chi connectivity index (χ0n) is 11.9. The number of rotatable bonds is 7. The molecule has 5 heteroatoms. The van der Waals surface area contributed by atoms with Gasteiger partial charge in [0.2, 0.25) is 0 Å². The summed E-state index contributed by atoms with van der Waals surface area (Å²) in [5, 5.41) is 3.38. The fraction of sp³-hybridized carbons (Fsp3) is 0.600. The predicted molar refractivity (Wildman–Crippen MR) is 78.2 cm³/mol. The molecule has 0 aromatic heterocycles. The Kier molecular flexibility index (Phi) is 6.66. The van der Waals surface area contributed by atoms with Gasteiger partial charge >= 0.3 is 6.18 Å². The monoisotopic (exact) mass is 307 g/mol. The maximum atomic E-state index is 12.7. The maximum Gasteiger partial charge on any atom is 0.416 e. The van der Waals surface area contributed by atoms with Gasteiger partial charge in [0.25, 0.3) is 0 Å². The molecular formula is C15H21ClF3N. The van der Waals surface area contributed by atoms with E-state index >= 15 is 0 Å². The van der Waals surface area contributed by atoms with Crippen molar-refractivity contribution < 1.29 is 13.2 Å². The molecular weight excluding hydrogens is 287 g/mol. The van der Waals surface area contributed by atoms with Crippen LogP contribution in [0.15, 0.2) is 18.2 Å². The molecule has 1 atom stereocenters. The first-order chi connectivity index (χ1) is 9.38. The number of hydrogen-bond donors (Lipinski definition) is 1. The Bertz CT molecular complexity index is 418. The van der Waals surface area contributed by atoms with E-state index in [0.717, 1.165) is 37.8 Å². The zero-order valence-corrected chi connectivity index (χ0v) is 12.6. The molecule has 0 saturated carbocycles. The van der Waals surface area contributed by atoms with Crippen molar-refractivity contribution in [3.63, 3.8) is 0 Å². The van der Waals surface area contributed by atoms with Gasteiger partial charge in [-0.1, -0.05) is 44.7 Å². The molecule has 0 aliphatic heterocycles. The second kappa shape index (κ2) is 7.77. The van der Waals surface area contributed by atoms with Crippen LogP contribution >= 0.6 is 11.6 Å². The summed E-state index contributed by atoms with van der Waals surface area (Å²) in [6.45, 7) is 4.87. The smallest absolute Gasteiger partial charge is 0.384 e. The lowest BCUT2D eigenvalue weighted by molar-refractivity contribution is -0.137. The summed E-state index contributed by atoms with van der Waals surface area (Å²) in [6, 6.07) is 3.37. The van der Waals surface area contributed by atoms with Gasteiger partial charge in [-0.3, -0.25) is 0 Å².